The molecule has 1 saturated heterocycles. The van der Waals surface area contributed by atoms with Crippen molar-refractivity contribution in [1.82, 2.24) is 19.7 Å². The summed E-state index contributed by atoms with van der Waals surface area (Å²) in [5.41, 5.74) is 0.760. The van der Waals surface area contributed by atoms with E-state index >= 15 is 0 Å². The summed E-state index contributed by atoms with van der Waals surface area (Å²) in [4.78, 5) is 33.7. The Morgan fingerprint density at radius 3 is 2.45 bits per heavy atom. The van der Waals surface area contributed by atoms with Gasteiger partial charge in [-0.15, -0.1) is 0 Å². The van der Waals surface area contributed by atoms with E-state index < -0.39 is 0 Å². The molecule has 22 heavy (non-hydrogen) atoms. The molecule has 2 rings (SSSR count). The van der Waals surface area contributed by atoms with Gasteiger partial charge in [0.15, 0.2) is 0 Å². The van der Waals surface area contributed by atoms with E-state index in [0.717, 1.165) is 5.69 Å². The Balaban J connectivity index is 1.82. The Hall–Kier alpha value is -2.21. The average Bonchev–Trinajstić information content (AvgIpc) is 2.53. The maximum Gasteiger partial charge on any atom is 0.246 e. The van der Waals surface area contributed by atoms with Gasteiger partial charge in [0.05, 0.1) is 12.2 Å². The summed E-state index contributed by atoms with van der Waals surface area (Å²) in [5.74, 6) is 0.0755. The highest BCUT2D eigenvalue weighted by atomic mass is 16.2. The average molecular weight is 302 g/mol. The predicted octanol–water partition coefficient (Wildman–Crippen LogP) is 0.327. The van der Waals surface area contributed by atoms with Crippen LogP contribution in [0.1, 0.15) is 5.69 Å². The van der Waals surface area contributed by atoms with Crippen LogP contribution in [0, 0.1) is 0 Å². The van der Waals surface area contributed by atoms with Crippen LogP contribution in [0.2, 0.25) is 0 Å². The van der Waals surface area contributed by atoms with Gasteiger partial charge in [0.2, 0.25) is 11.8 Å². The zero-order valence-electron chi connectivity index (χ0n) is 13.1. The van der Waals surface area contributed by atoms with Crippen LogP contribution in [-0.2, 0) is 9.59 Å². The summed E-state index contributed by atoms with van der Waals surface area (Å²) in [5, 5.41) is 0. The van der Waals surface area contributed by atoms with E-state index in [0.29, 0.717) is 32.7 Å². The first-order chi connectivity index (χ1) is 10.6. The van der Waals surface area contributed by atoms with E-state index in [9.17, 15) is 9.59 Å². The van der Waals surface area contributed by atoms with Crippen LogP contribution in [0.3, 0.4) is 0 Å². The molecule has 1 aliphatic rings. The number of amides is 2. The van der Waals surface area contributed by atoms with E-state index in [1.165, 1.54) is 0 Å². The normalized spacial score (nSPS) is 15.6. The first-order valence-corrected chi connectivity index (χ1v) is 7.37. The SMILES string of the molecule is CN(C)CC(=O)N1CCN(C(=O)/C=C\c2ccccn2)CC1. The smallest absolute Gasteiger partial charge is 0.246 e. The number of rotatable bonds is 4. The fourth-order valence-corrected chi connectivity index (χ4v) is 2.28. The maximum absolute atomic E-state index is 12.1. The van der Waals surface area contributed by atoms with Gasteiger partial charge in [-0.25, -0.2) is 0 Å². The van der Waals surface area contributed by atoms with Gasteiger partial charge in [-0.05, 0) is 32.3 Å². The minimum absolute atomic E-state index is 0.0367. The molecule has 0 aromatic carbocycles. The van der Waals surface area contributed by atoms with Crippen molar-refractivity contribution in [3.63, 3.8) is 0 Å². The fourth-order valence-electron chi connectivity index (χ4n) is 2.28. The summed E-state index contributed by atoms with van der Waals surface area (Å²) in [6.07, 6.45) is 4.95. The number of hydrogen-bond acceptors (Lipinski definition) is 4. The minimum atomic E-state index is -0.0367. The van der Waals surface area contributed by atoms with E-state index in [1.54, 1.807) is 23.2 Å². The number of carbonyl (C=O) groups excluding carboxylic acids is 2. The first kappa shape index (κ1) is 16.2. The van der Waals surface area contributed by atoms with Crippen molar-refractivity contribution >= 4 is 17.9 Å². The van der Waals surface area contributed by atoms with Crippen molar-refractivity contribution in [2.75, 3.05) is 46.8 Å². The largest absolute Gasteiger partial charge is 0.338 e. The second-order valence-electron chi connectivity index (χ2n) is 5.53. The molecule has 6 heteroatoms. The zero-order chi connectivity index (χ0) is 15.9. The van der Waals surface area contributed by atoms with Gasteiger partial charge in [-0.3, -0.25) is 14.6 Å². The molecule has 0 N–H and O–H groups in total. The van der Waals surface area contributed by atoms with Crippen molar-refractivity contribution < 1.29 is 9.59 Å². The Labute approximate surface area is 131 Å². The van der Waals surface area contributed by atoms with Gasteiger partial charge >= 0.3 is 0 Å². The van der Waals surface area contributed by atoms with Crippen molar-refractivity contribution in [2.45, 2.75) is 0 Å². The summed E-state index contributed by atoms with van der Waals surface area (Å²) < 4.78 is 0. The molecule has 0 bridgehead atoms. The van der Waals surface area contributed by atoms with Crippen molar-refractivity contribution in [2.24, 2.45) is 0 Å². The Morgan fingerprint density at radius 1 is 1.18 bits per heavy atom. The number of likely N-dealkylation sites (N-methyl/N-ethyl adjacent to an activating group) is 1. The molecule has 0 spiro atoms. The summed E-state index contributed by atoms with van der Waals surface area (Å²) in [7, 11) is 3.75. The number of aromatic nitrogens is 1. The summed E-state index contributed by atoms with van der Waals surface area (Å²) in [6, 6.07) is 5.57. The van der Waals surface area contributed by atoms with Gasteiger partial charge in [-0.2, -0.15) is 0 Å². The van der Waals surface area contributed by atoms with E-state index in [2.05, 4.69) is 4.98 Å². The molecule has 2 amide bonds. The molecule has 0 radical (unpaired) electrons. The Kier molecular flexibility index (Phi) is 5.66. The lowest BCUT2D eigenvalue weighted by Crippen LogP contribution is -2.51. The molecule has 2 heterocycles. The number of hydrogen-bond donors (Lipinski definition) is 0. The lowest BCUT2D eigenvalue weighted by atomic mass is 10.2. The van der Waals surface area contributed by atoms with Crippen LogP contribution >= 0.6 is 0 Å². The number of piperazine rings is 1. The second-order valence-corrected chi connectivity index (χ2v) is 5.53. The molecule has 118 valence electrons. The minimum Gasteiger partial charge on any atom is -0.338 e. The van der Waals surface area contributed by atoms with E-state index in [1.807, 2.05) is 42.1 Å². The van der Waals surface area contributed by atoms with Crippen LogP contribution < -0.4 is 0 Å². The standard InChI is InChI=1S/C16H22N4O2/c1-18(2)13-16(22)20-11-9-19(10-12-20)15(21)7-6-14-5-3-4-8-17-14/h3-8H,9-13H2,1-2H3/b7-6-. The quantitative estimate of drug-likeness (QED) is 0.752. The molecule has 1 aromatic rings. The van der Waals surface area contributed by atoms with Gasteiger partial charge in [0, 0.05) is 38.5 Å². The number of pyridine rings is 1. The van der Waals surface area contributed by atoms with Crippen molar-refractivity contribution in [1.29, 1.82) is 0 Å². The van der Waals surface area contributed by atoms with Crippen molar-refractivity contribution in [3.8, 4) is 0 Å². The molecule has 6 nitrogen and oxygen atoms in total. The van der Waals surface area contributed by atoms with Crippen LogP contribution in [0.4, 0.5) is 0 Å². The second kappa shape index (κ2) is 7.70. The Bertz CT molecular complexity index is 534. The molecular weight excluding hydrogens is 280 g/mol. The van der Waals surface area contributed by atoms with Crippen LogP contribution in [-0.4, -0.2) is 78.3 Å². The van der Waals surface area contributed by atoms with Gasteiger partial charge < -0.3 is 14.7 Å². The summed E-state index contributed by atoms with van der Waals surface area (Å²) >= 11 is 0. The molecule has 0 saturated carbocycles. The topological polar surface area (TPSA) is 56.8 Å². The highest BCUT2D eigenvalue weighted by Gasteiger charge is 2.23. The summed E-state index contributed by atoms with van der Waals surface area (Å²) in [6.45, 7) is 2.74. The van der Waals surface area contributed by atoms with Crippen LogP contribution in [0.15, 0.2) is 30.5 Å². The third-order valence-electron chi connectivity index (χ3n) is 3.48. The van der Waals surface area contributed by atoms with Crippen LogP contribution in [0.5, 0.6) is 0 Å². The van der Waals surface area contributed by atoms with E-state index in [-0.39, 0.29) is 11.8 Å². The molecule has 1 fully saturated rings. The third-order valence-corrected chi connectivity index (χ3v) is 3.48. The molecule has 0 unspecified atom stereocenters. The highest BCUT2D eigenvalue weighted by Crippen LogP contribution is 2.05. The Morgan fingerprint density at radius 2 is 1.86 bits per heavy atom. The molecular formula is C16H22N4O2. The van der Waals surface area contributed by atoms with Gasteiger partial charge in [-0.1, -0.05) is 6.07 Å². The highest BCUT2D eigenvalue weighted by molar-refractivity contribution is 5.91. The van der Waals surface area contributed by atoms with Gasteiger partial charge in [0.1, 0.15) is 0 Å². The lowest BCUT2D eigenvalue weighted by Gasteiger charge is -2.34. The zero-order valence-corrected chi connectivity index (χ0v) is 13.1. The molecule has 0 aliphatic carbocycles. The monoisotopic (exact) mass is 302 g/mol. The molecule has 0 atom stereocenters. The fraction of sp³-hybridized carbons (Fsp3) is 0.438. The number of nitrogens with zero attached hydrogens (tertiary/aromatic N) is 4. The van der Waals surface area contributed by atoms with E-state index in [4.69, 9.17) is 0 Å². The van der Waals surface area contributed by atoms with Crippen molar-refractivity contribution in [3.05, 3.63) is 36.2 Å². The maximum atomic E-state index is 12.1. The lowest BCUT2D eigenvalue weighted by molar-refractivity contribution is -0.137. The molecule has 1 aliphatic heterocycles. The first-order valence-electron chi connectivity index (χ1n) is 7.37. The van der Waals surface area contributed by atoms with Gasteiger partial charge in [0.25, 0.3) is 0 Å². The molecule has 1 aromatic heterocycles. The predicted molar refractivity (Wildman–Crippen MR) is 85.0 cm³/mol. The van der Waals surface area contributed by atoms with Crippen LogP contribution in [0.25, 0.3) is 6.08 Å². The number of carbonyl (C=O) groups is 2. The third kappa shape index (κ3) is 4.66.